The number of aryl methyl sites for hydroxylation is 2. The van der Waals surface area contributed by atoms with Gasteiger partial charge in [0.25, 0.3) is 0 Å². The van der Waals surface area contributed by atoms with E-state index in [4.69, 9.17) is 4.74 Å². The molecule has 2 aromatic carbocycles. The Morgan fingerprint density at radius 3 is 2.40 bits per heavy atom. The van der Waals surface area contributed by atoms with Gasteiger partial charge in [0.15, 0.2) is 0 Å². The standard InChI is InChI=1S/C21H29NO2.ClH/c1-15(2)19-14-20(23)16(3)13-21(19)24-17(4)22-12-8-11-18-9-6-5-7-10-18;/h5-7,9-10,13-15,17,22-23H,8,11-12H2,1-4H3;1H. The molecule has 25 heavy (non-hydrogen) atoms. The van der Waals surface area contributed by atoms with Crippen molar-refractivity contribution in [3.05, 3.63) is 59.2 Å². The van der Waals surface area contributed by atoms with Gasteiger partial charge in [-0.25, -0.2) is 0 Å². The molecule has 1 unspecified atom stereocenters. The summed E-state index contributed by atoms with van der Waals surface area (Å²) in [7, 11) is 0. The fourth-order valence-electron chi connectivity index (χ4n) is 2.71. The van der Waals surface area contributed by atoms with E-state index < -0.39 is 0 Å². The summed E-state index contributed by atoms with van der Waals surface area (Å²) in [6.07, 6.45) is 2.07. The van der Waals surface area contributed by atoms with Gasteiger partial charge < -0.3 is 9.84 Å². The van der Waals surface area contributed by atoms with Crippen LogP contribution in [0.5, 0.6) is 11.5 Å². The molecule has 4 heteroatoms. The van der Waals surface area contributed by atoms with Crippen LogP contribution in [0.4, 0.5) is 0 Å². The molecule has 0 bridgehead atoms. The maximum atomic E-state index is 9.92. The van der Waals surface area contributed by atoms with Crippen molar-refractivity contribution in [2.75, 3.05) is 6.54 Å². The minimum Gasteiger partial charge on any atom is -0.508 e. The van der Waals surface area contributed by atoms with Crippen LogP contribution >= 0.6 is 12.4 Å². The summed E-state index contributed by atoms with van der Waals surface area (Å²) in [5.74, 6) is 1.48. The van der Waals surface area contributed by atoms with E-state index in [1.807, 2.05) is 32.0 Å². The minimum atomic E-state index is -0.0674. The molecule has 0 heterocycles. The Morgan fingerprint density at radius 1 is 1.08 bits per heavy atom. The van der Waals surface area contributed by atoms with Gasteiger partial charge in [-0.2, -0.15) is 0 Å². The zero-order chi connectivity index (χ0) is 17.5. The SMILES string of the molecule is Cc1cc(OC(C)NCCCc2ccccc2)c(C(C)C)cc1O.Cl. The monoisotopic (exact) mass is 363 g/mol. The fourth-order valence-corrected chi connectivity index (χ4v) is 2.71. The summed E-state index contributed by atoms with van der Waals surface area (Å²) in [5, 5.41) is 13.3. The van der Waals surface area contributed by atoms with Crippen molar-refractivity contribution in [2.45, 2.75) is 52.7 Å². The second-order valence-corrected chi connectivity index (χ2v) is 6.63. The minimum absolute atomic E-state index is 0. The zero-order valence-corrected chi connectivity index (χ0v) is 16.4. The molecule has 0 aliphatic heterocycles. The van der Waals surface area contributed by atoms with Crippen LogP contribution in [-0.2, 0) is 6.42 Å². The second kappa shape index (κ2) is 10.3. The largest absolute Gasteiger partial charge is 0.508 e. The molecule has 0 aliphatic carbocycles. The highest BCUT2D eigenvalue weighted by Crippen LogP contribution is 2.33. The van der Waals surface area contributed by atoms with Crippen molar-refractivity contribution in [3.8, 4) is 11.5 Å². The van der Waals surface area contributed by atoms with Gasteiger partial charge in [0, 0.05) is 5.56 Å². The van der Waals surface area contributed by atoms with Crippen molar-refractivity contribution in [1.29, 1.82) is 0 Å². The molecule has 0 aromatic heterocycles. The first-order chi connectivity index (χ1) is 11.5. The predicted molar refractivity (Wildman–Crippen MR) is 107 cm³/mol. The average Bonchev–Trinajstić information content (AvgIpc) is 2.55. The number of halogens is 1. The van der Waals surface area contributed by atoms with Gasteiger partial charge in [0.2, 0.25) is 0 Å². The summed E-state index contributed by atoms with van der Waals surface area (Å²) in [4.78, 5) is 0. The third-order valence-electron chi connectivity index (χ3n) is 4.17. The molecule has 0 radical (unpaired) electrons. The lowest BCUT2D eigenvalue weighted by molar-refractivity contribution is 0.180. The van der Waals surface area contributed by atoms with Crippen molar-refractivity contribution in [1.82, 2.24) is 5.32 Å². The third-order valence-corrected chi connectivity index (χ3v) is 4.17. The van der Waals surface area contributed by atoms with Gasteiger partial charge in [-0.05, 0) is 62.4 Å². The molecular weight excluding hydrogens is 334 g/mol. The first kappa shape index (κ1) is 21.3. The number of phenols is 1. The number of aromatic hydroxyl groups is 1. The number of phenolic OH excluding ortho intramolecular Hbond substituents is 1. The van der Waals surface area contributed by atoms with Crippen LogP contribution in [0.3, 0.4) is 0 Å². The summed E-state index contributed by atoms with van der Waals surface area (Å²) in [6, 6.07) is 14.3. The van der Waals surface area contributed by atoms with E-state index in [0.29, 0.717) is 11.7 Å². The van der Waals surface area contributed by atoms with Crippen molar-refractivity contribution in [3.63, 3.8) is 0 Å². The van der Waals surface area contributed by atoms with Crippen molar-refractivity contribution < 1.29 is 9.84 Å². The van der Waals surface area contributed by atoms with E-state index >= 15 is 0 Å². The maximum absolute atomic E-state index is 9.92. The van der Waals surface area contributed by atoms with Gasteiger partial charge in [-0.15, -0.1) is 12.4 Å². The highest BCUT2D eigenvalue weighted by molar-refractivity contribution is 5.85. The van der Waals surface area contributed by atoms with E-state index in [1.54, 1.807) is 0 Å². The predicted octanol–water partition coefficient (Wildman–Crippen LogP) is 5.19. The second-order valence-electron chi connectivity index (χ2n) is 6.63. The van der Waals surface area contributed by atoms with E-state index in [0.717, 1.165) is 36.3 Å². The van der Waals surface area contributed by atoms with Gasteiger partial charge >= 0.3 is 0 Å². The first-order valence-corrected chi connectivity index (χ1v) is 8.75. The molecule has 1 atom stereocenters. The molecule has 0 aliphatic rings. The Bertz CT molecular complexity index is 644. The number of rotatable bonds is 8. The molecule has 3 nitrogen and oxygen atoms in total. The smallest absolute Gasteiger partial charge is 0.147 e. The van der Waals surface area contributed by atoms with Crippen LogP contribution in [0.1, 0.15) is 49.8 Å². The molecule has 2 N–H and O–H groups in total. The highest BCUT2D eigenvalue weighted by Gasteiger charge is 2.13. The van der Waals surface area contributed by atoms with Gasteiger partial charge in [0.05, 0.1) is 0 Å². The highest BCUT2D eigenvalue weighted by atomic mass is 35.5. The lowest BCUT2D eigenvalue weighted by atomic mass is 10.00. The molecule has 2 aromatic rings. The van der Waals surface area contributed by atoms with E-state index in [-0.39, 0.29) is 18.6 Å². The third kappa shape index (κ3) is 6.60. The van der Waals surface area contributed by atoms with Crippen LogP contribution in [0, 0.1) is 6.92 Å². The van der Waals surface area contributed by atoms with Gasteiger partial charge in [-0.1, -0.05) is 44.2 Å². The zero-order valence-electron chi connectivity index (χ0n) is 15.6. The van der Waals surface area contributed by atoms with E-state index in [1.165, 1.54) is 5.56 Å². The summed E-state index contributed by atoms with van der Waals surface area (Å²) in [5.41, 5.74) is 3.24. The number of hydrogen-bond donors (Lipinski definition) is 2. The lowest BCUT2D eigenvalue weighted by Crippen LogP contribution is -2.32. The Labute approximate surface area is 157 Å². The molecule has 2 rings (SSSR count). The summed E-state index contributed by atoms with van der Waals surface area (Å²) in [6.45, 7) is 9.03. The summed E-state index contributed by atoms with van der Waals surface area (Å²) < 4.78 is 6.07. The number of benzene rings is 2. The number of ether oxygens (including phenoxy) is 1. The van der Waals surface area contributed by atoms with Crippen molar-refractivity contribution >= 4 is 12.4 Å². The normalized spacial score (nSPS) is 11.9. The molecular formula is C21H30ClNO2. The van der Waals surface area contributed by atoms with Crippen LogP contribution in [0.2, 0.25) is 0 Å². The Hall–Kier alpha value is -1.71. The fraction of sp³-hybridized carbons (Fsp3) is 0.429. The number of nitrogens with one attached hydrogen (secondary N) is 1. The van der Waals surface area contributed by atoms with Crippen LogP contribution < -0.4 is 10.1 Å². The van der Waals surface area contributed by atoms with Crippen LogP contribution in [0.15, 0.2) is 42.5 Å². The molecule has 138 valence electrons. The topological polar surface area (TPSA) is 41.5 Å². The molecule has 0 spiro atoms. The van der Waals surface area contributed by atoms with Crippen LogP contribution in [-0.4, -0.2) is 17.9 Å². The molecule has 0 saturated heterocycles. The van der Waals surface area contributed by atoms with Gasteiger partial charge in [0.1, 0.15) is 17.7 Å². The molecule has 0 saturated carbocycles. The van der Waals surface area contributed by atoms with E-state index in [2.05, 4.69) is 43.4 Å². The van der Waals surface area contributed by atoms with E-state index in [9.17, 15) is 5.11 Å². The Balaban J connectivity index is 0.00000312. The number of hydrogen-bond acceptors (Lipinski definition) is 3. The average molecular weight is 364 g/mol. The van der Waals surface area contributed by atoms with Crippen molar-refractivity contribution in [2.24, 2.45) is 0 Å². The van der Waals surface area contributed by atoms with Gasteiger partial charge in [-0.3, -0.25) is 5.32 Å². The maximum Gasteiger partial charge on any atom is 0.147 e. The molecule has 0 amide bonds. The quantitative estimate of drug-likeness (QED) is 0.500. The van der Waals surface area contributed by atoms with Crippen LogP contribution in [0.25, 0.3) is 0 Å². The molecule has 0 fully saturated rings. The first-order valence-electron chi connectivity index (χ1n) is 8.75. The Morgan fingerprint density at radius 2 is 1.76 bits per heavy atom. The Kier molecular flexibility index (Phi) is 8.81. The lowest BCUT2D eigenvalue weighted by Gasteiger charge is -2.21. The summed E-state index contributed by atoms with van der Waals surface area (Å²) >= 11 is 0.